The molecule has 0 unspecified atom stereocenters. The van der Waals surface area contributed by atoms with Crippen LogP contribution in [0.5, 0.6) is 5.75 Å². The third-order valence-corrected chi connectivity index (χ3v) is 8.55. The van der Waals surface area contributed by atoms with Crippen molar-refractivity contribution in [2.24, 2.45) is 0 Å². The third kappa shape index (κ3) is 7.62. The predicted octanol–water partition coefficient (Wildman–Crippen LogP) is 2.15. The van der Waals surface area contributed by atoms with Crippen molar-refractivity contribution in [2.75, 3.05) is 27.2 Å². The molecule has 0 aromatic heterocycles. The van der Waals surface area contributed by atoms with Crippen LogP contribution in [0.2, 0.25) is 0 Å². The Morgan fingerprint density at radius 2 is 1.42 bits per heavy atom. The van der Waals surface area contributed by atoms with Gasteiger partial charge in [-0.1, -0.05) is 42.5 Å². The molecular weight excluding hydrogens is 502 g/mol. The van der Waals surface area contributed by atoms with Crippen molar-refractivity contribution < 1.29 is 26.4 Å². The van der Waals surface area contributed by atoms with Crippen molar-refractivity contribution in [3.8, 4) is 5.75 Å². The van der Waals surface area contributed by atoms with Crippen molar-refractivity contribution in [3.63, 3.8) is 0 Å². The van der Waals surface area contributed by atoms with Crippen LogP contribution < -0.4 is 14.8 Å². The molecule has 0 saturated carbocycles. The lowest BCUT2D eigenvalue weighted by Crippen LogP contribution is -2.28. The number of nitrogens with zero attached hydrogens (tertiary/aromatic N) is 1. The lowest BCUT2D eigenvalue weighted by molar-refractivity contribution is -0.123. The Balaban J connectivity index is 1.44. The van der Waals surface area contributed by atoms with Gasteiger partial charge in [-0.3, -0.25) is 4.79 Å². The molecule has 0 fully saturated rings. The van der Waals surface area contributed by atoms with Crippen LogP contribution in [0.25, 0.3) is 0 Å². The number of ether oxygens (including phenoxy) is 1. The maximum atomic E-state index is 12.5. The second kappa shape index (κ2) is 12.1. The molecule has 3 aromatic carbocycles. The van der Waals surface area contributed by atoms with Gasteiger partial charge in [0.05, 0.1) is 9.79 Å². The number of amides is 1. The summed E-state index contributed by atoms with van der Waals surface area (Å²) < 4.78 is 58.3. The van der Waals surface area contributed by atoms with Crippen LogP contribution in [0, 0.1) is 0 Å². The van der Waals surface area contributed by atoms with Gasteiger partial charge in [0, 0.05) is 27.2 Å². The van der Waals surface area contributed by atoms with Gasteiger partial charge in [0.2, 0.25) is 20.0 Å². The van der Waals surface area contributed by atoms with E-state index in [0.717, 1.165) is 15.4 Å². The summed E-state index contributed by atoms with van der Waals surface area (Å²) in [5, 5.41) is 2.69. The molecular formula is C25H29N3O6S2. The molecule has 1 amide bonds. The molecule has 0 heterocycles. The number of carbonyl (C=O) groups excluding carboxylic acids is 1. The highest BCUT2D eigenvalue weighted by Crippen LogP contribution is 2.16. The van der Waals surface area contributed by atoms with E-state index in [1.54, 1.807) is 12.1 Å². The Bertz CT molecular complexity index is 1360. The molecule has 0 radical (unpaired) electrons. The number of nitrogens with one attached hydrogen (secondary N) is 2. The van der Waals surface area contributed by atoms with Crippen LogP contribution in [0.3, 0.4) is 0 Å². The van der Waals surface area contributed by atoms with E-state index in [-0.39, 0.29) is 35.4 Å². The zero-order chi connectivity index (χ0) is 26.2. The monoisotopic (exact) mass is 531 g/mol. The van der Waals surface area contributed by atoms with Gasteiger partial charge in [-0.05, 0) is 53.9 Å². The van der Waals surface area contributed by atoms with Crippen LogP contribution in [0.4, 0.5) is 0 Å². The lowest BCUT2D eigenvalue weighted by Gasteiger charge is -2.12. The van der Waals surface area contributed by atoms with Gasteiger partial charge in [-0.15, -0.1) is 0 Å². The van der Waals surface area contributed by atoms with E-state index < -0.39 is 20.0 Å². The van der Waals surface area contributed by atoms with Crippen LogP contribution in [0.15, 0.2) is 88.7 Å². The SMILES string of the molecule is CN(C)S(=O)(=O)c1ccc(CNC(=O)COc2ccc(S(=O)(=O)NCCc3ccccc3)cc2)cc1. The maximum Gasteiger partial charge on any atom is 0.258 e. The average Bonchev–Trinajstić information content (AvgIpc) is 2.87. The molecule has 0 atom stereocenters. The van der Waals surface area contributed by atoms with Gasteiger partial charge in [0.1, 0.15) is 5.75 Å². The van der Waals surface area contributed by atoms with Crippen LogP contribution in [0.1, 0.15) is 11.1 Å². The number of benzene rings is 3. The Kier molecular flexibility index (Phi) is 9.21. The molecule has 0 aliphatic carbocycles. The zero-order valence-electron chi connectivity index (χ0n) is 20.0. The number of rotatable bonds is 12. The van der Waals surface area contributed by atoms with E-state index in [1.165, 1.54) is 50.5 Å². The maximum absolute atomic E-state index is 12.5. The molecule has 0 aliphatic heterocycles. The lowest BCUT2D eigenvalue weighted by atomic mass is 10.2. The summed E-state index contributed by atoms with van der Waals surface area (Å²) in [6.45, 7) is 0.226. The molecule has 36 heavy (non-hydrogen) atoms. The van der Waals surface area contributed by atoms with Gasteiger partial charge in [-0.2, -0.15) is 0 Å². The summed E-state index contributed by atoms with van der Waals surface area (Å²) in [6.07, 6.45) is 0.579. The third-order valence-electron chi connectivity index (χ3n) is 5.24. The molecule has 3 rings (SSSR count). The minimum absolute atomic E-state index is 0.104. The van der Waals surface area contributed by atoms with Crippen LogP contribution in [-0.2, 0) is 37.8 Å². The zero-order valence-corrected chi connectivity index (χ0v) is 21.7. The molecule has 0 spiro atoms. The van der Waals surface area contributed by atoms with Gasteiger partial charge in [0.25, 0.3) is 5.91 Å². The van der Waals surface area contributed by atoms with Gasteiger partial charge in [0.15, 0.2) is 6.61 Å². The van der Waals surface area contributed by atoms with Crippen molar-refractivity contribution in [2.45, 2.75) is 22.8 Å². The highest BCUT2D eigenvalue weighted by atomic mass is 32.2. The van der Waals surface area contributed by atoms with E-state index in [9.17, 15) is 21.6 Å². The minimum atomic E-state index is -3.66. The van der Waals surface area contributed by atoms with Crippen molar-refractivity contribution in [1.29, 1.82) is 0 Å². The fourth-order valence-corrected chi connectivity index (χ4v) is 5.10. The van der Waals surface area contributed by atoms with E-state index in [0.29, 0.717) is 12.2 Å². The van der Waals surface area contributed by atoms with E-state index in [1.807, 2.05) is 30.3 Å². The summed E-state index contributed by atoms with van der Waals surface area (Å²) in [5.41, 5.74) is 1.77. The summed E-state index contributed by atoms with van der Waals surface area (Å²) in [6, 6.07) is 21.6. The number of hydrogen-bond donors (Lipinski definition) is 2. The smallest absolute Gasteiger partial charge is 0.258 e. The van der Waals surface area contributed by atoms with Crippen molar-refractivity contribution in [3.05, 3.63) is 90.0 Å². The normalized spacial score (nSPS) is 11.9. The first kappa shape index (κ1) is 27.3. The first-order valence-corrected chi connectivity index (χ1v) is 14.0. The second-order valence-electron chi connectivity index (χ2n) is 8.10. The highest BCUT2D eigenvalue weighted by Gasteiger charge is 2.17. The first-order chi connectivity index (χ1) is 17.1. The average molecular weight is 532 g/mol. The molecule has 0 aliphatic rings. The number of hydrogen-bond acceptors (Lipinski definition) is 6. The van der Waals surface area contributed by atoms with Crippen molar-refractivity contribution in [1.82, 2.24) is 14.3 Å². The molecule has 0 saturated heterocycles. The second-order valence-corrected chi connectivity index (χ2v) is 12.0. The number of carbonyl (C=O) groups is 1. The Hall–Kier alpha value is -3.25. The van der Waals surface area contributed by atoms with E-state index in [2.05, 4.69) is 10.0 Å². The molecule has 2 N–H and O–H groups in total. The molecule has 192 valence electrons. The highest BCUT2D eigenvalue weighted by molar-refractivity contribution is 7.89. The van der Waals surface area contributed by atoms with Gasteiger partial charge >= 0.3 is 0 Å². The Morgan fingerprint density at radius 3 is 2.03 bits per heavy atom. The molecule has 9 nitrogen and oxygen atoms in total. The topological polar surface area (TPSA) is 122 Å². The molecule has 11 heteroatoms. The summed E-state index contributed by atoms with van der Waals surface area (Å²) in [4.78, 5) is 12.4. The molecule has 0 bridgehead atoms. The largest absolute Gasteiger partial charge is 0.484 e. The Labute approximate surface area is 212 Å². The van der Waals surface area contributed by atoms with Gasteiger partial charge < -0.3 is 10.1 Å². The van der Waals surface area contributed by atoms with Gasteiger partial charge in [-0.25, -0.2) is 25.9 Å². The molecule has 3 aromatic rings. The fourth-order valence-electron chi connectivity index (χ4n) is 3.16. The van der Waals surface area contributed by atoms with Crippen LogP contribution >= 0.6 is 0 Å². The van der Waals surface area contributed by atoms with E-state index >= 15 is 0 Å². The van der Waals surface area contributed by atoms with Crippen molar-refractivity contribution >= 4 is 26.0 Å². The van der Waals surface area contributed by atoms with E-state index in [4.69, 9.17) is 4.74 Å². The Morgan fingerprint density at radius 1 is 0.806 bits per heavy atom. The summed E-state index contributed by atoms with van der Waals surface area (Å²) in [7, 11) is -4.25. The quantitative estimate of drug-likeness (QED) is 0.369. The number of sulfonamides is 2. The first-order valence-electron chi connectivity index (χ1n) is 11.1. The predicted molar refractivity (Wildman–Crippen MR) is 136 cm³/mol. The summed E-state index contributed by atoms with van der Waals surface area (Å²) >= 11 is 0. The summed E-state index contributed by atoms with van der Waals surface area (Å²) in [5.74, 6) is -0.0223. The fraction of sp³-hybridized carbons (Fsp3) is 0.240. The minimum Gasteiger partial charge on any atom is -0.484 e. The van der Waals surface area contributed by atoms with Crippen LogP contribution in [-0.4, -0.2) is 54.3 Å². The standard InChI is InChI=1S/C25H29N3O6S2/c1-28(2)36(32,33)24-12-8-21(9-13-24)18-26-25(29)19-34-22-10-14-23(15-11-22)35(30,31)27-17-16-20-6-4-3-5-7-20/h3-15,27H,16-19H2,1-2H3,(H,26,29).